The highest BCUT2D eigenvalue weighted by molar-refractivity contribution is 5.81. The number of methoxy groups -OCH3 is 1. The molecule has 1 saturated carbocycles. The van der Waals surface area contributed by atoms with Crippen molar-refractivity contribution in [3.05, 3.63) is 54.1 Å². The van der Waals surface area contributed by atoms with Gasteiger partial charge in [-0.2, -0.15) is 0 Å². The Morgan fingerprint density at radius 1 is 1.14 bits per heavy atom. The van der Waals surface area contributed by atoms with Gasteiger partial charge in [0.05, 0.1) is 31.3 Å². The number of aliphatic carboxylic acids is 1. The summed E-state index contributed by atoms with van der Waals surface area (Å²) in [5.41, 5.74) is 8.89. The Kier molecular flexibility index (Phi) is 6.18. The summed E-state index contributed by atoms with van der Waals surface area (Å²) in [6.45, 7) is 2.38. The van der Waals surface area contributed by atoms with E-state index in [-0.39, 0.29) is 41.5 Å². The van der Waals surface area contributed by atoms with Crippen LogP contribution in [-0.4, -0.2) is 55.9 Å². The third-order valence-corrected chi connectivity index (χ3v) is 8.58. The summed E-state index contributed by atoms with van der Waals surface area (Å²) in [5, 5.41) is 20.1. The molecule has 3 saturated heterocycles. The van der Waals surface area contributed by atoms with Gasteiger partial charge in [0.1, 0.15) is 5.75 Å². The summed E-state index contributed by atoms with van der Waals surface area (Å²) < 4.78 is 5.41. The number of hydrogen-bond acceptors (Lipinski definition) is 8. The van der Waals surface area contributed by atoms with E-state index in [2.05, 4.69) is 56.0 Å². The number of benzene rings is 2. The van der Waals surface area contributed by atoms with Gasteiger partial charge in [-0.15, -0.1) is 0 Å². The summed E-state index contributed by atoms with van der Waals surface area (Å²) >= 11 is 0. The number of amides is 1. The van der Waals surface area contributed by atoms with Gasteiger partial charge in [-0.3, -0.25) is 25.6 Å². The molecule has 37 heavy (non-hydrogen) atoms. The fraction of sp³-hybridized carbons (Fsp3) is 0.481. The van der Waals surface area contributed by atoms with E-state index in [0.29, 0.717) is 6.54 Å². The van der Waals surface area contributed by atoms with Gasteiger partial charge >= 0.3 is 5.97 Å². The molecule has 5 unspecified atom stereocenters. The van der Waals surface area contributed by atoms with E-state index in [1.807, 2.05) is 24.3 Å². The number of carbonyl (C=O) groups is 2. The van der Waals surface area contributed by atoms with Gasteiger partial charge in [0.2, 0.25) is 5.91 Å². The Morgan fingerprint density at radius 2 is 1.92 bits per heavy atom. The zero-order chi connectivity index (χ0) is 25.6. The first kappa shape index (κ1) is 24.0. The van der Waals surface area contributed by atoms with Crippen molar-refractivity contribution in [3.63, 3.8) is 0 Å². The molecule has 0 aromatic heterocycles. The van der Waals surface area contributed by atoms with E-state index in [4.69, 9.17) is 4.74 Å². The summed E-state index contributed by atoms with van der Waals surface area (Å²) in [7, 11) is 1.65. The zero-order valence-corrected chi connectivity index (χ0v) is 20.9. The molecule has 3 heterocycles. The number of nitrogens with one attached hydrogen (secondary N) is 5. The molecular formula is C27H34N6O4. The van der Waals surface area contributed by atoms with E-state index in [0.717, 1.165) is 55.0 Å². The van der Waals surface area contributed by atoms with Gasteiger partial charge in [-0.05, 0) is 66.6 Å². The summed E-state index contributed by atoms with van der Waals surface area (Å²) in [6.07, 6.45) is 2.25. The van der Waals surface area contributed by atoms with Gasteiger partial charge in [0.15, 0.2) is 0 Å². The van der Waals surface area contributed by atoms with Crippen LogP contribution in [0.1, 0.15) is 31.0 Å². The molecule has 10 heteroatoms. The standard InChI is InChI=1S/C27H34N6O4/c1-37-19-4-2-3-16(13-19)23-30-21-15-28-32-25(34)22(21)24(31-23)29-17-5-7-18(8-6-17)33-11-9-27(10-12-33)14-20(27)26(35)36/h2-8,13,20-24,28-31H,9-12,14-15H2,1H3,(H,32,34)(H,35,36). The van der Waals surface area contributed by atoms with Crippen LogP contribution in [0, 0.1) is 17.3 Å². The highest BCUT2D eigenvalue weighted by Crippen LogP contribution is 2.59. The lowest BCUT2D eigenvalue weighted by Crippen LogP contribution is -2.71. The minimum absolute atomic E-state index is 0.0236. The number of carbonyl (C=O) groups excluding carboxylic acids is 1. The zero-order valence-electron chi connectivity index (χ0n) is 20.9. The van der Waals surface area contributed by atoms with Crippen LogP contribution in [-0.2, 0) is 9.59 Å². The molecule has 1 aliphatic carbocycles. The predicted molar refractivity (Wildman–Crippen MR) is 139 cm³/mol. The molecule has 4 fully saturated rings. The Bertz CT molecular complexity index is 1170. The second-order valence-corrected chi connectivity index (χ2v) is 10.7. The maximum absolute atomic E-state index is 12.8. The van der Waals surface area contributed by atoms with Crippen molar-refractivity contribution in [2.75, 3.05) is 37.0 Å². The number of fused-ring (bicyclic) bond motifs is 1. The first-order chi connectivity index (χ1) is 18.0. The van der Waals surface area contributed by atoms with Crippen LogP contribution in [0.2, 0.25) is 0 Å². The average Bonchev–Trinajstić information content (AvgIpc) is 3.63. The van der Waals surface area contributed by atoms with Gasteiger partial charge in [-0.25, -0.2) is 5.43 Å². The Morgan fingerprint density at radius 3 is 2.62 bits per heavy atom. The quantitative estimate of drug-likeness (QED) is 0.347. The van der Waals surface area contributed by atoms with E-state index in [1.165, 1.54) is 0 Å². The monoisotopic (exact) mass is 506 g/mol. The topological polar surface area (TPSA) is 127 Å². The fourth-order valence-electron chi connectivity index (χ4n) is 6.29. The highest BCUT2D eigenvalue weighted by Gasteiger charge is 2.58. The van der Waals surface area contributed by atoms with E-state index >= 15 is 0 Å². The van der Waals surface area contributed by atoms with Gasteiger partial charge in [-0.1, -0.05) is 12.1 Å². The highest BCUT2D eigenvalue weighted by atomic mass is 16.5. The van der Waals surface area contributed by atoms with Gasteiger partial charge in [0.25, 0.3) is 0 Å². The molecular weight excluding hydrogens is 472 g/mol. The summed E-state index contributed by atoms with van der Waals surface area (Å²) in [4.78, 5) is 26.5. The van der Waals surface area contributed by atoms with E-state index in [9.17, 15) is 14.7 Å². The molecule has 4 aliphatic rings. The molecule has 0 bridgehead atoms. The maximum Gasteiger partial charge on any atom is 0.307 e. The number of hydrazine groups is 1. The molecule has 1 spiro atoms. The van der Waals surface area contributed by atoms with Crippen molar-refractivity contribution >= 4 is 23.3 Å². The second kappa shape index (κ2) is 9.51. The third kappa shape index (κ3) is 4.60. The van der Waals surface area contributed by atoms with Crippen LogP contribution in [0.5, 0.6) is 5.75 Å². The number of piperidine rings is 1. The van der Waals surface area contributed by atoms with Crippen LogP contribution in [0.3, 0.4) is 0 Å². The molecule has 6 N–H and O–H groups in total. The molecule has 10 nitrogen and oxygen atoms in total. The summed E-state index contributed by atoms with van der Waals surface area (Å²) in [5.74, 6) is -0.380. The van der Waals surface area contributed by atoms with Crippen LogP contribution in [0.25, 0.3) is 0 Å². The maximum atomic E-state index is 12.8. The predicted octanol–water partition coefficient (Wildman–Crippen LogP) is 1.64. The van der Waals surface area contributed by atoms with Crippen molar-refractivity contribution in [2.24, 2.45) is 17.3 Å². The molecule has 2 aromatic carbocycles. The van der Waals surface area contributed by atoms with Crippen molar-refractivity contribution in [2.45, 2.75) is 37.6 Å². The SMILES string of the molecule is COc1cccc(C2NC3CNNC(=O)C3C(Nc3ccc(N4CCC5(CC4)CC5C(=O)O)cc3)N2)c1. The Hall–Kier alpha value is -3.34. The number of carboxylic acid groups (broad SMARTS) is 1. The normalized spacial score (nSPS) is 30.2. The van der Waals surface area contributed by atoms with E-state index in [1.54, 1.807) is 7.11 Å². The molecule has 196 valence electrons. The first-order valence-corrected chi connectivity index (χ1v) is 13.0. The average molecular weight is 507 g/mol. The number of ether oxygens (including phenoxy) is 1. The minimum Gasteiger partial charge on any atom is -0.497 e. The van der Waals surface area contributed by atoms with Crippen LogP contribution in [0.4, 0.5) is 11.4 Å². The number of hydrogen-bond donors (Lipinski definition) is 6. The molecule has 6 rings (SSSR count). The fourth-order valence-corrected chi connectivity index (χ4v) is 6.29. The number of carboxylic acids is 1. The molecule has 2 aromatic rings. The van der Waals surface area contributed by atoms with Gasteiger partial charge < -0.3 is 20.1 Å². The molecule has 1 amide bonds. The number of anilines is 2. The molecule has 3 aliphatic heterocycles. The number of rotatable bonds is 6. The number of nitrogens with zero attached hydrogens (tertiary/aromatic N) is 1. The van der Waals surface area contributed by atoms with Crippen molar-refractivity contribution < 1.29 is 19.4 Å². The minimum atomic E-state index is -0.645. The van der Waals surface area contributed by atoms with Crippen LogP contribution < -0.4 is 36.4 Å². The third-order valence-electron chi connectivity index (χ3n) is 8.58. The lowest BCUT2D eigenvalue weighted by Gasteiger charge is -2.46. The van der Waals surface area contributed by atoms with Crippen molar-refractivity contribution in [1.29, 1.82) is 0 Å². The second-order valence-electron chi connectivity index (χ2n) is 10.7. The van der Waals surface area contributed by atoms with Crippen LogP contribution >= 0.6 is 0 Å². The Balaban J connectivity index is 1.14. The largest absolute Gasteiger partial charge is 0.497 e. The lowest BCUT2D eigenvalue weighted by molar-refractivity contribution is -0.139. The Labute approximate surface area is 216 Å². The van der Waals surface area contributed by atoms with E-state index < -0.39 is 5.97 Å². The first-order valence-electron chi connectivity index (χ1n) is 13.0. The molecule has 0 radical (unpaired) electrons. The lowest BCUT2D eigenvalue weighted by atomic mass is 9.89. The van der Waals surface area contributed by atoms with Crippen molar-refractivity contribution in [1.82, 2.24) is 21.5 Å². The summed E-state index contributed by atoms with van der Waals surface area (Å²) in [6, 6.07) is 16.2. The van der Waals surface area contributed by atoms with Crippen LogP contribution in [0.15, 0.2) is 48.5 Å². The van der Waals surface area contributed by atoms with Gasteiger partial charge in [0, 0.05) is 37.1 Å². The molecule has 5 atom stereocenters. The smallest absolute Gasteiger partial charge is 0.307 e. The van der Waals surface area contributed by atoms with Crippen molar-refractivity contribution in [3.8, 4) is 5.75 Å².